The van der Waals surface area contributed by atoms with Crippen LogP contribution in [0, 0.1) is 0 Å². The van der Waals surface area contributed by atoms with Crippen LogP contribution in [0.15, 0.2) is 65.4 Å². The number of para-hydroxylation sites is 2. The molecule has 6 N–H and O–H groups in total. The molecular formula is C21H19N5O3. The summed E-state index contributed by atoms with van der Waals surface area (Å²) in [4.78, 5) is 31.9. The molecule has 4 rings (SSSR count). The molecule has 4 aromatic rings. The first-order valence-corrected chi connectivity index (χ1v) is 8.98. The van der Waals surface area contributed by atoms with Crippen LogP contribution in [0.1, 0.15) is 16.1 Å². The fraction of sp³-hybridized carbons (Fsp3) is 0.0952. The van der Waals surface area contributed by atoms with Crippen molar-refractivity contribution in [2.75, 3.05) is 5.73 Å². The Kier molecular flexibility index (Phi) is 4.74. The van der Waals surface area contributed by atoms with Crippen molar-refractivity contribution < 1.29 is 14.0 Å². The number of rotatable bonds is 6. The van der Waals surface area contributed by atoms with Crippen LogP contribution < -0.4 is 16.8 Å². The molecule has 0 saturated carbocycles. The number of nitrogens with two attached hydrogens (primary N) is 2. The Morgan fingerprint density at radius 3 is 2.69 bits per heavy atom. The maximum atomic E-state index is 12.6. The third kappa shape index (κ3) is 3.68. The lowest BCUT2D eigenvalue weighted by molar-refractivity contribution is -0.119. The Labute approximate surface area is 165 Å². The summed E-state index contributed by atoms with van der Waals surface area (Å²) in [6.07, 6.45) is 3.28. The second-order valence-corrected chi connectivity index (χ2v) is 6.62. The lowest BCUT2D eigenvalue weighted by Crippen LogP contribution is -2.45. The molecular weight excluding hydrogens is 370 g/mol. The van der Waals surface area contributed by atoms with Gasteiger partial charge in [-0.3, -0.25) is 9.59 Å². The van der Waals surface area contributed by atoms with Crippen molar-refractivity contribution in [3.8, 4) is 11.5 Å². The van der Waals surface area contributed by atoms with Gasteiger partial charge in [0.15, 0.2) is 5.69 Å². The van der Waals surface area contributed by atoms with E-state index in [1.165, 1.54) is 6.26 Å². The number of aromatic amines is 1. The van der Waals surface area contributed by atoms with Crippen molar-refractivity contribution in [1.29, 1.82) is 0 Å². The minimum atomic E-state index is -0.899. The van der Waals surface area contributed by atoms with Gasteiger partial charge in [0.1, 0.15) is 12.3 Å². The Bertz CT molecular complexity index is 1190. The van der Waals surface area contributed by atoms with Crippen LogP contribution in [0.2, 0.25) is 0 Å². The normalized spacial score (nSPS) is 12.0. The standard InChI is InChI=1S/C21H19N5O3/c22-15-7-3-1-6-14(15)21-26-18(11-29-21)20(28)25-17(19(23)27)9-12-10-24-16-8-4-2-5-13(12)16/h1-8,10-11,17,24H,9,22H2,(H2,23,27)(H,25,28). The number of hydrogen-bond donors (Lipinski definition) is 4. The van der Waals surface area contributed by atoms with Crippen LogP contribution in [0.4, 0.5) is 5.69 Å². The third-order valence-corrected chi connectivity index (χ3v) is 4.68. The van der Waals surface area contributed by atoms with Gasteiger partial charge in [0.05, 0.1) is 5.56 Å². The molecule has 2 aromatic heterocycles. The molecule has 0 fully saturated rings. The van der Waals surface area contributed by atoms with Crippen molar-refractivity contribution in [3.63, 3.8) is 0 Å². The van der Waals surface area contributed by atoms with Crippen molar-refractivity contribution >= 4 is 28.4 Å². The number of nitrogen functional groups attached to an aromatic ring is 1. The van der Waals surface area contributed by atoms with Gasteiger partial charge in [0.25, 0.3) is 5.91 Å². The number of amides is 2. The third-order valence-electron chi connectivity index (χ3n) is 4.68. The lowest BCUT2D eigenvalue weighted by atomic mass is 10.0. The molecule has 0 aliphatic carbocycles. The number of benzene rings is 2. The Hall–Kier alpha value is -4.07. The summed E-state index contributed by atoms with van der Waals surface area (Å²) in [5.74, 6) is -0.974. The summed E-state index contributed by atoms with van der Waals surface area (Å²) >= 11 is 0. The van der Waals surface area contributed by atoms with Crippen LogP contribution in [0.25, 0.3) is 22.4 Å². The number of H-pyrrole nitrogens is 1. The molecule has 0 bridgehead atoms. The minimum Gasteiger partial charge on any atom is -0.444 e. The zero-order chi connectivity index (χ0) is 20.4. The van der Waals surface area contributed by atoms with E-state index in [2.05, 4.69) is 15.3 Å². The van der Waals surface area contributed by atoms with Gasteiger partial charge < -0.3 is 26.2 Å². The number of fused-ring (bicyclic) bond motifs is 1. The number of primary amides is 1. The van der Waals surface area contributed by atoms with E-state index in [0.29, 0.717) is 11.3 Å². The van der Waals surface area contributed by atoms with Crippen molar-refractivity contribution in [3.05, 3.63) is 72.2 Å². The average Bonchev–Trinajstić information content (AvgIpc) is 3.35. The van der Waals surface area contributed by atoms with E-state index in [0.717, 1.165) is 16.5 Å². The predicted octanol–water partition coefficient (Wildman–Crippen LogP) is 2.23. The fourth-order valence-corrected chi connectivity index (χ4v) is 3.17. The van der Waals surface area contributed by atoms with Crippen LogP contribution in [0.3, 0.4) is 0 Å². The topological polar surface area (TPSA) is 140 Å². The Morgan fingerprint density at radius 2 is 1.90 bits per heavy atom. The van der Waals surface area contributed by atoms with Gasteiger partial charge in [-0.15, -0.1) is 0 Å². The van der Waals surface area contributed by atoms with Gasteiger partial charge in [0, 0.05) is 29.2 Å². The van der Waals surface area contributed by atoms with Gasteiger partial charge in [-0.05, 0) is 23.8 Å². The van der Waals surface area contributed by atoms with E-state index in [1.807, 2.05) is 24.3 Å². The first kappa shape index (κ1) is 18.3. The predicted molar refractivity (Wildman–Crippen MR) is 109 cm³/mol. The Balaban J connectivity index is 1.53. The van der Waals surface area contributed by atoms with Crippen molar-refractivity contribution in [2.24, 2.45) is 5.73 Å². The SMILES string of the molecule is NC(=O)C(Cc1c[nH]c2ccccc12)NC(=O)c1coc(-c2ccccc2N)n1. The van der Waals surface area contributed by atoms with Gasteiger partial charge in [-0.2, -0.15) is 0 Å². The number of carbonyl (C=O) groups excluding carboxylic acids is 2. The molecule has 2 aromatic carbocycles. The molecule has 8 nitrogen and oxygen atoms in total. The van der Waals surface area contributed by atoms with Gasteiger partial charge in [-0.1, -0.05) is 30.3 Å². The maximum Gasteiger partial charge on any atom is 0.273 e. The summed E-state index contributed by atoms with van der Waals surface area (Å²) in [6.45, 7) is 0. The summed E-state index contributed by atoms with van der Waals surface area (Å²) in [5.41, 5.74) is 14.3. The Morgan fingerprint density at radius 1 is 1.14 bits per heavy atom. The lowest BCUT2D eigenvalue weighted by Gasteiger charge is -2.14. The molecule has 0 saturated heterocycles. The summed E-state index contributed by atoms with van der Waals surface area (Å²) in [6, 6.07) is 13.8. The van der Waals surface area contributed by atoms with E-state index in [9.17, 15) is 9.59 Å². The summed E-state index contributed by atoms with van der Waals surface area (Å²) in [7, 11) is 0. The van der Waals surface area contributed by atoms with E-state index in [4.69, 9.17) is 15.9 Å². The van der Waals surface area contributed by atoms with E-state index in [1.54, 1.807) is 30.5 Å². The molecule has 29 heavy (non-hydrogen) atoms. The molecule has 1 unspecified atom stereocenters. The molecule has 0 aliphatic heterocycles. The number of hydrogen-bond acceptors (Lipinski definition) is 5. The summed E-state index contributed by atoms with van der Waals surface area (Å²) < 4.78 is 5.39. The zero-order valence-corrected chi connectivity index (χ0v) is 15.4. The van der Waals surface area contributed by atoms with Gasteiger partial charge in [-0.25, -0.2) is 4.98 Å². The first-order chi connectivity index (χ1) is 14.0. The van der Waals surface area contributed by atoms with Gasteiger partial charge in [0.2, 0.25) is 11.8 Å². The first-order valence-electron chi connectivity index (χ1n) is 8.98. The van der Waals surface area contributed by atoms with Crippen molar-refractivity contribution in [2.45, 2.75) is 12.5 Å². The maximum absolute atomic E-state index is 12.6. The number of aromatic nitrogens is 2. The number of anilines is 1. The van der Waals surface area contributed by atoms with E-state index in [-0.39, 0.29) is 18.0 Å². The number of nitrogens with one attached hydrogen (secondary N) is 2. The molecule has 0 aliphatic rings. The molecule has 8 heteroatoms. The largest absolute Gasteiger partial charge is 0.444 e. The van der Waals surface area contributed by atoms with Crippen LogP contribution in [-0.2, 0) is 11.2 Å². The van der Waals surface area contributed by atoms with E-state index >= 15 is 0 Å². The quantitative estimate of drug-likeness (QED) is 0.374. The molecule has 0 radical (unpaired) electrons. The van der Waals surface area contributed by atoms with Crippen LogP contribution >= 0.6 is 0 Å². The van der Waals surface area contributed by atoms with Crippen LogP contribution in [-0.4, -0.2) is 27.8 Å². The van der Waals surface area contributed by atoms with Crippen LogP contribution in [0.5, 0.6) is 0 Å². The molecule has 146 valence electrons. The molecule has 0 spiro atoms. The molecule has 1 atom stereocenters. The van der Waals surface area contributed by atoms with Gasteiger partial charge >= 0.3 is 0 Å². The highest BCUT2D eigenvalue weighted by molar-refractivity contribution is 5.96. The monoisotopic (exact) mass is 389 g/mol. The number of carbonyl (C=O) groups is 2. The summed E-state index contributed by atoms with van der Waals surface area (Å²) in [5, 5.41) is 3.60. The highest BCUT2D eigenvalue weighted by atomic mass is 16.3. The average molecular weight is 389 g/mol. The highest BCUT2D eigenvalue weighted by Gasteiger charge is 2.23. The second-order valence-electron chi connectivity index (χ2n) is 6.62. The number of nitrogens with zero attached hydrogens (tertiary/aromatic N) is 1. The minimum absolute atomic E-state index is 0.0356. The smallest absolute Gasteiger partial charge is 0.273 e. The molecule has 2 heterocycles. The second kappa shape index (κ2) is 7.51. The fourth-order valence-electron chi connectivity index (χ4n) is 3.17. The number of oxazole rings is 1. The highest BCUT2D eigenvalue weighted by Crippen LogP contribution is 2.24. The van der Waals surface area contributed by atoms with Crippen molar-refractivity contribution in [1.82, 2.24) is 15.3 Å². The molecule has 2 amide bonds. The zero-order valence-electron chi connectivity index (χ0n) is 15.4. The van der Waals surface area contributed by atoms with E-state index < -0.39 is 17.9 Å².